The molecule has 0 aromatic heterocycles. The maximum atomic E-state index is 3.54. The standard InChI is InChI=1S/C19H22N2/c1-14-12-15-6-2-5-9-19(15)21(14)11-10-16-13-20-18-8-4-3-7-17(16)18/h2-9,14,16,20H,10-13H2,1H3. The molecule has 2 heterocycles. The monoisotopic (exact) mass is 278 g/mol. The van der Waals surface area contributed by atoms with Crippen molar-refractivity contribution in [2.75, 3.05) is 23.3 Å². The molecule has 4 rings (SSSR count). The largest absolute Gasteiger partial charge is 0.384 e. The summed E-state index contributed by atoms with van der Waals surface area (Å²) in [4.78, 5) is 2.59. The molecule has 2 aliphatic heterocycles. The van der Waals surface area contributed by atoms with E-state index in [0.29, 0.717) is 12.0 Å². The summed E-state index contributed by atoms with van der Waals surface area (Å²) in [6.07, 6.45) is 2.42. The first-order valence-corrected chi connectivity index (χ1v) is 8.00. The predicted molar refractivity (Wildman–Crippen MR) is 89.2 cm³/mol. The smallest absolute Gasteiger partial charge is 0.0402 e. The van der Waals surface area contributed by atoms with Crippen LogP contribution in [0.2, 0.25) is 0 Å². The van der Waals surface area contributed by atoms with Crippen molar-refractivity contribution in [1.82, 2.24) is 0 Å². The van der Waals surface area contributed by atoms with Crippen LogP contribution in [-0.2, 0) is 6.42 Å². The van der Waals surface area contributed by atoms with Gasteiger partial charge in [-0.25, -0.2) is 0 Å². The molecular weight excluding hydrogens is 256 g/mol. The molecule has 0 aliphatic carbocycles. The second-order valence-electron chi connectivity index (χ2n) is 6.33. The van der Waals surface area contributed by atoms with E-state index in [1.54, 1.807) is 0 Å². The van der Waals surface area contributed by atoms with E-state index in [0.717, 1.165) is 13.1 Å². The van der Waals surface area contributed by atoms with Gasteiger partial charge < -0.3 is 10.2 Å². The van der Waals surface area contributed by atoms with Crippen LogP contribution >= 0.6 is 0 Å². The van der Waals surface area contributed by atoms with Gasteiger partial charge in [0, 0.05) is 36.4 Å². The molecule has 0 amide bonds. The van der Waals surface area contributed by atoms with Crippen molar-refractivity contribution in [1.29, 1.82) is 0 Å². The summed E-state index contributed by atoms with van der Waals surface area (Å²) < 4.78 is 0. The zero-order valence-corrected chi connectivity index (χ0v) is 12.5. The van der Waals surface area contributed by atoms with Crippen LogP contribution in [0.1, 0.15) is 30.4 Å². The van der Waals surface area contributed by atoms with Gasteiger partial charge in [-0.05, 0) is 43.0 Å². The SMILES string of the molecule is CC1Cc2ccccc2N1CCC1CNc2ccccc21. The van der Waals surface area contributed by atoms with Gasteiger partial charge in [0.2, 0.25) is 0 Å². The Kier molecular flexibility index (Phi) is 3.10. The first kappa shape index (κ1) is 12.8. The highest BCUT2D eigenvalue weighted by atomic mass is 15.2. The maximum Gasteiger partial charge on any atom is 0.0402 e. The number of para-hydroxylation sites is 2. The quantitative estimate of drug-likeness (QED) is 0.911. The Morgan fingerprint density at radius 1 is 1.10 bits per heavy atom. The van der Waals surface area contributed by atoms with Crippen molar-refractivity contribution >= 4 is 11.4 Å². The predicted octanol–water partition coefficient (Wildman–Crippen LogP) is 4.04. The molecular formula is C19H22N2. The summed E-state index contributed by atoms with van der Waals surface area (Å²) in [6, 6.07) is 18.3. The van der Waals surface area contributed by atoms with Crippen LogP contribution < -0.4 is 10.2 Å². The van der Waals surface area contributed by atoms with E-state index >= 15 is 0 Å². The van der Waals surface area contributed by atoms with Gasteiger partial charge in [0.25, 0.3) is 0 Å². The summed E-state index contributed by atoms with van der Waals surface area (Å²) in [5.41, 5.74) is 5.79. The van der Waals surface area contributed by atoms with Gasteiger partial charge in [0.1, 0.15) is 0 Å². The molecule has 2 aromatic carbocycles. The Hall–Kier alpha value is -1.96. The highest BCUT2D eigenvalue weighted by Gasteiger charge is 2.27. The summed E-state index contributed by atoms with van der Waals surface area (Å²) in [6.45, 7) is 4.59. The number of hydrogen-bond acceptors (Lipinski definition) is 2. The van der Waals surface area contributed by atoms with E-state index in [2.05, 4.69) is 65.7 Å². The fraction of sp³-hybridized carbons (Fsp3) is 0.368. The molecule has 21 heavy (non-hydrogen) atoms. The molecule has 0 bridgehead atoms. The van der Waals surface area contributed by atoms with Gasteiger partial charge in [-0.3, -0.25) is 0 Å². The Bertz CT molecular complexity index is 650. The lowest BCUT2D eigenvalue weighted by atomic mass is 9.97. The van der Waals surface area contributed by atoms with E-state index in [-0.39, 0.29) is 0 Å². The Balaban J connectivity index is 1.49. The zero-order valence-electron chi connectivity index (χ0n) is 12.5. The van der Waals surface area contributed by atoms with Crippen molar-refractivity contribution in [2.24, 2.45) is 0 Å². The second-order valence-corrected chi connectivity index (χ2v) is 6.33. The molecule has 2 aliphatic rings. The summed E-state index contributed by atoms with van der Waals surface area (Å²) in [7, 11) is 0. The topological polar surface area (TPSA) is 15.3 Å². The lowest BCUT2D eigenvalue weighted by Crippen LogP contribution is -2.31. The zero-order chi connectivity index (χ0) is 14.2. The third-order valence-corrected chi connectivity index (χ3v) is 5.01. The summed E-state index contributed by atoms with van der Waals surface area (Å²) in [5, 5.41) is 3.54. The van der Waals surface area contributed by atoms with Gasteiger partial charge >= 0.3 is 0 Å². The lowest BCUT2D eigenvalue weighted by molar-refractivity contribution is 0.603. The van der Waals surface area contributed by atoms with Crippen molar-refractivity contribution in [3.63, 3.8) is 0 Å². The first-order valence-electron chi connectivity index (χ1n) is 8.00. The minimum atomic E-state index is 0.631. The van der Waals surface area contributed by atoms with E-state index in [1.165, 1.54) is 35.3 Å². The minimum Gasteiger partial charge on any atom is -0.384 e. The number of nitrogens with one attached hydrogen (secondary N) is 1. The van der Waals surface area contributed by atoms with Gasteiger partial charge in [-0.1, -0.05) is 36.4 Å². The van der Waals surface area contributed by atoms with Crippen molar-refractivity contribution < 1.29 is 0 Å². The number of fused-ring (bicyclic) bond motifs is 2. The van der Waals surface area contributed by atoms with E-state index < -0.39 is 0 Å². The molecule has 0 radical (unpaired) electrons. The van der Waals surface area contributed by atoms with Crippen LogP contribution in [0.5, 0.6) is 0 Å². The third-order valence-electron chi connectivity index (χ3n) is 5.01. The van der Waals surface area contributed by atoms with Crippen LogP contribution in [0.3, 0.4) is 0 Å². The van der Waals surface area contributed by atoms with E-state index in [9.17, 15) is 0 Å². The van der Waals surface area contributed by atoms with Gasteiger partial charge in [0.05, 0.1) is 0 Å². The van der Waals surface area contributed by atoms with Crippen LogP contribution in [0, 0.1) is 0 Å². The van der Waals surface area contributed by atoms with Crippen LogP contribution in [0.25, 0.3) is 0 Å². The highest BCUT2D eigenvalue weighted by molar-refractivity contribution is 5.60. The molecule has 2 aromatic rings. The lowest BCUT2D eigenvalue weighted by Gasteiger charge is -2.26. The number of anilines is 2. The van der Waals surface area contributed by atoms with Gasteiger partial charge in [-0.2, -0.15) is 0 Å². The Morgan fingerprint density at radius 2 is 1.90 bits per heavy atom. The second kappa shape index (κ2) is 5.10. The maximum absolute atomic E-state index is 3.54. The molecule has 2 atom stereocenters. The van der Waals surface area contributed by atoms with E-state index in [4.69, 9.17) is 0 Å². The van der Waals surface area contributed by atoms with Crippen molar-refractivity contribution in [3.8, 4) is 0 Å². The Morgan fingerprint density at radius 3 is 2.86 bits per heavy atom. The molecule has 0 saturated heterocycles. The molecule has 108 valence electrons. The normalized spacial score (nSPS) is 22.8. The number of hydrogen-bond donors (Lipinski definition) is 1. The third kappa shape index (κ3) is 2.19. The number of nitrogens with zero attached hydrogens (tertiary/aromatic N) is 1. The molecule has 1 N–H and O–H groups in total. The van der Waals surface area contributed by atoms with Crippen molar-refractivity contribution in [3.05, 3.63) is 59.7 Å². The average Bonchev–Trinajstić information content (AvgIpc) is 3.06. The number of rotatable bonds is 3. The van der Waals surface area contributed by atoms with Crippen LogP contribution in [0.15, 0.2) is 48.5 Å². The Labute approximate surface area is 126 Å². The molecule has 2 heteroatoms. The molecule has 0 spiro atoms. The molecule has 0 fully saturated rings. The summed E-state index contributed by atoms with van der Waals surface area (Å²) >= 11 is 0. The molecule has 0 saturated carbocycles. The first-order chi connectivity index (χ1) is 10.3. The van der Waals surface area contributed by atoms with Gasteiger partial charge in [-0.15, -0.1) is 0 Å². The fourth-order valence-electron chi connectivity index (χ4n) is 3.88. The molecule has 2 unspecified atom stereocenters. The van der Waals surface area contributed by atoms with Crippen LogP contribution in [0.4, 0.5) is 11.4 Å². The summed E-state index contributed by atoms with van der Waals surface area (Å²) in [5.74, 6) is 0.654. The minimum absolute atomic E-state index is 0.631. The molecule has 2 nitrogen and oxygen atoms in total. The highest BCUT2D eigenvalue weighted by Crippen LogP contribution is 2.36. The van der Waals surface area contributed by atoms with E-state index in [1.807, 2.05) is 0 Å². The van der Waals surface area contributed by atoms with Gasteiger partial charge in [0.15, 0.2) is 0 Å². The van der Waals surface area contributed by atoms with Crippen LogP contribution in [-0.4, -0.2) is 19.1 Å². The average molecular weight is 278 g/mol. The van der Waals surface area contributed by atoms with Crippen molar-refractivity contribution in [2.45, 2.75) is 31.7 Å². The fourth-order valence-corrected chi connectivity index (χ4v) is 3.88. The number of benzene rings is 2.